The number of phenolic OH excluding ortho intramolecular Hbond substituents is 1. The van der Waals surface area contributed by atoms with E-state index in [0.717, 1.165) is 31.0 Å². The van der Waals surface area contributed by atoms with Crippen LogP contribution in [-0.2, 0) is 4.79 Å². The first-order valence-electron chi connectivity index (χ1n) is 5.72. The van der Waals surface area contributed by atoms with Gasteiger partial charge >= 0.3 is 5.97 Å². The summed E-state index contributed by atoms with van der Waals surface area (Å²) in [5, 5.41) is 20.0. The van der Waals surface area contributed by atoms with E-state index in [9.17, 15) is 20.0 Å². The number of nitrogens with zero attached hydrogens (tertiary/aromatic N) is 1. The van der Waals surface area contributed by atoms with Crippen LogP contribution in [-0.4, -0.2) is 16.0 Å². The Morgan fingerprint density at radius 2 is 2.17 bits per heavy atom. The van der Waals surface area contributed by atoms with Crippen LogP contribution in [0.25, 0.3) is 0 Å². The van der Waals surface area contributed by atoms with Crippen molar-refractivity contribution >= 4 is 11.7 Å². The molecule has 6 heteroatoms. The minimum absolute atomic E-state index is 0.175. The highest BCUT2D eigenvalue weighted by atomic mass is 16.6. The van der Waals surface area contributed by atoms with Crippen molar-refractivity contribution in [2.24, 2.45) is 0 Å². The summed E-state index contributed by atoms with van der Waals surface area (Å²) in [4.78, 5) is 21.3. The Morgan fingerprint density at radius 1 is 1.44 bits per heavy atom. The van der Waals surface area contributed by atoms with Gasteiger partial charge in [0.15, 0.2) is 11.5 Å². The number of esters is 1. The molecular weight excluding hydrogens is 238 g/mol. The predicted molar refractivity (Wildman–Crippen MR) is 64.5 cm³/mol. The summed E-state index contributed by atoms with van der Waals surface area (Å²) in [6, 6.07) is 3.31. The zero-order chi connectivity index (χ0) is 13.5. The van der Waals surface area contributed by atoms with Gasteiger partial charge in [0, 0.05) is 12.5 Å². The number of rotatable bonds is 6. The van der Waals surface area contributed by atoms with E-state index in [2.05, 4.69) is 0 Å². The average molecular weight is 253 g/mol. The Morgan fingerprint density at radius 3 is 2.78 bits per heavy atom. The number of nitro benzene ring substituents is 1. The van der Waals surface area contributed by atoms with Crippen LogP contribution in [0.1, 0.15) is 32.6 Å². The topological polar surface area (TPSA) is 89.7 Å². The van der Waals surface area contributed by atoms with Gasteiger partial charge in [-0.25, -0.2) is 0 Å². The highest BCUT2D eigenvalue weighted by molar-refractivity contribution is 5.73. The van der Waals surface area contributed by atoms with E-state index >= 15 is 0 Å². The molecule has 0 saturated heterocycles. The molecule has 0 radical (unpaired) electrons. The van der Waals surface area contributed by atoms with Crippen molar-refractivity contribution in [3.05, 3.63) is 28.3 Å². The fraction of sp³-hybridized carbons (Fsp3) is 0.417. The molecule has 1 rings (SSSR count). The van der Waals surface area contributed by atoms with Gasteiger partial charge in [0.05, 0.1) is 11.0 Å². The molecule has 0 aliphatic heterocycles. The van der Waals surface area contributed by atoms with Gasteiger partial charge in [-0.05, 0) is 12.5 Å². The number of benzene rings is 1. The third-order valence-corrected chi connectivity index (χ3v) is 2.36. The Bertz CT molecular complexity index is 444. The molecule has 0 aliphatic carbocycles. The van der Waals surface area contributed by atoms with Crippen LogP contribution in [0.3, 0.4) is 0 Å². The first kappa shape index (κ1) is 14.0. The zero-order valence-corrected chi connectivity index (χ0v) is 10.1. The monoisotopic (exact) mass is 253 g/mol. The van der Waals surface area contributed by atoms with Crippen LogP contribution in [0.5, 0.6) is 11.5 Å². The van der Waals surface area contributed by atoms with Gasteiger partial charge < -0.3 is 9.84 Å². The van der Waals surface area contributed by atoms with E-state index in [1.54, 1.807) is 0 Å². The third kappa shape index (κ3) is 4.04. The second-order valence-electron chi connectivity index (χ2n) is 3.84. The van der Waals surface area contributed by atoms with Gasteiger partial charge in [-0.3, -0.25) is 14.9 Å². The van der Waals surface area contributed by atoms with Crippen molar-refractivity contribution < 1.29 is 19.6 Å². The molecule has 0 aromatic heterocycles. The molecule has 1 aromatic carbocycles. The third-order valence-electron chi connectivity index (χ3n) is 2.36. The molecule has 0 amide bonds. The summed E-state index contributed by atoms with van der Waals surface area (Å²) in [5.74, 6) is -0.964. The van der Waals surface area contributed by atoms with Gasteiger partial charge in [0.2, 0.25) is 0 Å². The van der Waals surface area contributed by atoms with E-state index in [0.29, 0.717) is 6.42 Å². The van der Waals surface area contributed by atoms with E-state index in [1.807, 2.05) is 6.92 Å². The van der Waals surface area contributed by atoms with E-state index < -0.39 is 10.9 Å². The van der Waals surface area contributed by atoms with Crippen LogP contribution in [0.15, 0.2) is 18.2 Å². The lowest BCUT2D eigenvalue weighted by molar-refractivity contribution is -0.384. The minimum Gasteiger partial charge on any atom is -0.504 e. The maximum Gasteiger partial charge on any atom is 0.311 e. The fourth-order valence-corrected chi connectivity index (χ4v) is 1.39. The van der Waals surface area contributed by atoms with E-state index in [4.69, 9.17) is 4.74 Å². The fourth-order valence-electron chi connectivity index (χ4n) is 1.39. The average Bonchev–Trinajstić information content (AvgIpc) is 2.32. The molecule has 1 aromatic rings. The van der Waals surface area contributed by atoms with Crippen LogP contribution in [0.4, 0.5) is 5.69 Å². The van der Waals surface area contributed by atoms with Crippen LogP contribution in [0.2, 0.25) is 0 Å². The summed E-state index contributed by atoms with van der Waals surface area (Å²) in [5.41, 5.74) is -0.232. The SMILES string of the molecule is CCCCCC(=O)Oc1cc([N+](=O)[O-])ccc1O. The quantitative estimate of drug-likeness (QED) is 0.277. The van der Waals surface area contributed by atoms with E-state index in [-0.39, 0.29) is 23.6 Å². The minimum atomic E-state index is -0.617. The summed E-state index contributed by atoms with van der Waals surface area (Å²) in [6.07, 6.45) is 2.83. The van der Waals surface area contributed by atoms with Gasteiger partial charge in [-0.2, -0.15) is 0 Å². The van der Waals surface area contributed by atoms with Gasteiger partial charge in [-0.15, -0.1) is 0 Å². The predicted octanol–water partition coefficient (Wildman–Crippen LogP) is 2.79. The number of unbranched alkanes of at least 4 members (excludes halogenated alkanes) is 2. The molecule has 0 aliphatic rings. The summed E-state index contributed by atoms with van der Waals surface area (Å²) in [7, 11) is 0. The Kier molecular flexibility index (Phi) is 5.10. The van der Waals surface area contributed by atoms with Gasteiger partial charge in [0.1, 0.15) is 0 Å². The molecule has 0 heterocycles. The lowest BCUT2D eigenvalue weighted by Crippen LogP contribution is -2.07. The lowest BCUT2D eigenvalue weighted by Gasteiger charge is -2.05. The van der Waals surface area contributed by atoms with Crippen molar-refractivity contribution in [2.45, 2.75) is 32.6 Å². The van der Waals surface area contributed by atoms with Crippen molar-refractivity contribution in [3.63, 3.8) is 0 Å². The van der Waals surface area contributed by atoms with Crippen molar-refractivity contribution in [1.29, 1.82) is 0 Å². The highest BCUT2D eigenvalue weighted by Crippen LogP contribution is 2.30. The number of carbonyl (C=O) groups excluding carboxylic acids is 1. The van der Waals surface area contributed by atoms with Gasteiger partial charge in [0.25, 0.3) is 5.69 Å². The molecular formula is C12H15NO5. The number of phenols is 1. The highest BCUT2D eigenvalue weighted by Gasteiger charge is 2.14. The summed E-state index contributed by atoms with van der Waals surface area (Å²) < 4.78 is 4.89. The Labute approximate surface area is 104 Å². The molecule has 1 N–H and O–H groups in total. The summed E-state index contributed by atoms with van der Waals surface area (Å²) >= 11 is 0. The normalized spacial score (nSPS) is 10.1. The number of hydrogen-bond acceptors (Lipinski definition) is 5. The standard InChI is InChI=1S/C12H15NO5/c1-2-3-4-5-12(15)18-11-8-9(13(16)17)6-7-10(11)14/h6-8,14H,2-5H2,1H3. The van der Waals surface area contributed by atoms with Crippen molar-refractivity contribution in [1.82, 2.24) is 0 Å². The number of nitro groups is 1. The number of ether oxygens (including phenoxy) is 1. The molecule has 0 unspecified atom stereocenters. The second kappa shape index (κ2) is 6.58. The Hall–Kier alpha value is -2.11. The van der Waals surface area contributed by atoms with E-state index in [1.165, 1.54) is 0 Å². The lowest BCUT2D eigenvalue weighted by atomic mass is 10.2. The number of non-ortho nitro benzene ring substituents is 1. The zero-order valence-electron chi connectivity index (χ0n) is 10.1. The molecule has 98 valence electrons. The van der Waals surface area contributed by atoms with Crippen LogP contribution >= 0.6 is 0 Å². The maximum absolute atomic E-state index is 11.4. The number of carbonyl (C=O) groups is 1. The van der Waals surface area contributed by atoms with Crippen LogP contribution < -0.4 is 4.74 Å². The summed E-state index contributed by atoms with van der Waals surface area (Å²) in [6.45, 7) is 2.01. The number of aromatic hydroxyl groups is 1. The maximum atomic E-state index is 11.4. The number of hydrogen-bond donors (Lipinski definition) is 1. The molecule has 18 heavy (non-hydrogen) atoms. The van der Waals surface area contributed by atoms with Crippen molar-refractivity contribution in [2.75, 3.05) is 0 Å². The molecule has 0 saturated carbocycles. The largest absolute Gasteiger partial charge is 0.504 e. The smallest absolute Gasteiger partial charge is 0.311 e. The van der Waals surface area contributed by atoms with Crippen molar-refractivity contribution in [3.8, 4) is 11.5 Å². The van der Waals surface area contributed by atoms with Gasteiger partial charge in [-0.1, -0.05) is 19.8 Å². The molecule has 0 bridgehead atoms. The molecule has 6 nitrogen and oxygen atoms in total. The van der Waals surface area contributed by atoms with Crippen LogP contribution in [0, 0.1) is 10.1 Å². The Balaban J connectivity index is 2.68. The first-order chi connectivity index (χ1) is 8.54. The molecule has 0 atom stereocenters. The first-order valence-corrected chi connectivity index (χ1v) is 5.72. The molecule has 0 fully saturated rings. The second-order valence-corrected chi connectivity index (χ2v) is 3.84. The molecule has 0 spiro atoms.